The van der Waals surface area contributed by atoms with Crippen LogP contribution in [0, 0.1) is 6.92 Å². The van der Waals surface area contributed by atoms with Crippen LogP contribution >= 0.6 is 23.2 Å². The van der Waals surface area contributed by atoms with Crippen LogP contribution in [-0.4, -0.2) is 25.2 Å². The van der Waals surface area contributed by atoms with Gasteiger partial charge in [-0.25, -0.2) is 4.79 Å². The van der Waals surface area contributed by atoms with Crippen molar-refractivity contribution in [2.75, 3.05) is 17.7 Å². The summed E-state index contributed by atoms with van der Waals surface area (Å²) in [7, 11) is 1.27. The Balaban J connectivity index is 2.04. The van der Waals surface area contributed by atoms with Gasteiger partial charge in [0.2, 0.25) is 0 Å². The van der Waals surface area contributed by atoms with E-state index in [1.165, 1.54) is 7.11 Å². The van der Waals surface area contributed by atoms with Gasteiger partial charge in [-0.2, -0.15) is 0 Å². The number of amides is 2. The van der Waals surface area contributed by atoms with Crippen molar-refractivity contribution in [3.63, 3.8) is 0 Å². The number of rotatable bonds is 5. The Morgan fingerprint density at radius 1 is 1.08 bits per heavy atom. The van der Waals surface area contributed by atoms with E-state index >= 15 is 0 Å². The summed E-state index contributed by atoms with van der Waals surface area (Å²) in [5.41, 5.74) is 1.66. The first-order valence-corrected chi connectivity index (χ1v) is 8.44. The van der Waals surface area contributed by atoms with Crippen LogP contribution in [0.1, 0.15) is 12.5 Å². The van der Waals surface area contributed by atoms with Crippen molar-refractivity contribution < 1.29 is 19.1 Å². The maximum Gasteiger partial charge on any atom is 0.411 e. The summed E-state index contributed by atoms with van der Waals surface area (Å²) in [5, 5.41) is 6.12. The average molecular weight is 397 g/mol. The van der Waals surface area contributed by atoms with Crippen molar-refractivity contribution in [2.45, 2.75) is 20.0 Å². The number of benzene rings is 2. The molecule has 0 bridgehead atoms. The fraction of sp³-hybridized carbons (Fsp3) is 0.222. The summed E-state index contributed by atoms with van der Waals surface area (Å²) in [4.78, 5) is 23.6. The van der Waals surface area contributed by atoms with Gasteiger partial charge in [-0.15, -0.1) is 0 Å². The fourth-order valence-corrected chi connectivity index (χ4v) is 2.47. The molecular weight excluding hydrogens is 379 g/mol. The number of halogens is 2. The van der Waals surface area contributed by atoms with Gasteiger partial charge in [0.1, 0.15) is 5.75 Å². The molecule has 0 fully saturated rings. The quantitative estimate of drug-likeness (QED) is 0.754. The SMILES string of the molecule is COC(=O)Nc1cccc(NC(=O)C(C)Oc2ccc(Cl)c(C)c2Cl)c1. The Morgan fingerprint density at radius 3 is 2.38 bits per heavy atom. The number of carbonyl (C=O) groups excluding carboxylic acids is 2. The van der Waals surface area contributed by atoms with E-state index in [1.54, 1.807) is 50.2 Å². The second kappa shape index (κ2) is 8.78. The fourth-order valence-electron chi connectivity index (χ4n) is 2.06. The molecule has 2 aromatic carbocycles. The number of ether oxygens (including phenoxy) is 2. The summed E-state index contributed by atoms with van der Waals surface area (Å²) >= 11 is 12.2. The molecule has 0 aliphatic heterocycles. The van der Waals surface area contributed by atoms with E-state index in [9.17, 15) is 9.59 Å². The first-order chi connectivity index (χ1) is 12.3. The van der Waals surface area contributed by atoms with Gasteiger partial charge in [-0.05, 0) is 49.7 Å². The molecule has 2 amide bonds. The van der Waals surface area contributed by atoms with Crippen molar-refractivity contribution in [3.8, 4) is 5.75 Å². The van der Waals surface area contributed by atoms with Crippen LogP contribution in [0.3, 0.4) is 0 Å². The molecule has 0 radical (unpaired) electrons. The van der Waals surface area contributed by atoms with E-state index in [0.717, 1.165) is 0 Å². The van der Waals surface area contributed by atoms with Crippen molar-refractivity contribution in [1.29, 1.82) is 0 Å². The smallest absolute Gasteiger partial charge is 0.411 e. The lowest BCUT2D eigenvalue weighted by atomic mass is 10.2. The van der Waals surface area contributed by atoms with Crippen molar-refractivity contribution >= 4 is 46.6 Å². The zero-order valence-corrected chi connectivity index (χ0v) is 15.9. The third-order valence-electron chi connectivity index (χ3n) is 3.52. The molecule has 26 heavy (non-hydrogen) atoms. The minimum atomic E-state index is -0.801. The zero-order valence-electron chi connectivity index (χ0n) is 14.4. The molecule has 2 rings (SSSR count). The van der Waals surface area contributed by atoms with Crippen molar-refractivity contribution in [3.05, 3.63) is 52.0 Å². The molecule has 6 nitrogen and oxygen atoms in total. The topological polar surface area (TPSA) is 76.7 Å². The Kier molecular flexibility index (Phi) is 6.71. The summed E-state index contributed by atoms with van der Waals surface area (Å²) in [6.45, 7) is 3.37. The van der Waals surface area contributed by atoms with Gasteiger partial charge in [0, 0.05) is 16.4 Å². The molecule has 0 aromatic heterocycles. The van der Waals surface area contributed by atoms with E-state index in [0.29, 0.717) is 32.7 Å². The molecular formula is C18H18Cl2N2O4. The van der Waals surface area contributed by atoms with E-state index in [-0.39, 0.29) is 5.91 Å². The van der Waals surface area contributed by atoms with Gasteiger partial charge in [0.15, 0.2) is 6.10 Å². The molecule has 0 heterocycles. The first kappa shape index (κ1) is 19.9. The van der Waals surface area contributed by atoms with Crippen molar-refractivity contribution in [1.82, 2.24) is 0 Å². The highest BCUT2D eigenvalue weighted by Crippen LogP contribution is 2.33. The van der Waals surface area contributed by atoms with E-state index in [4.69, 9.17) is 27.9 Å². The third-order valence-corrected chi connectivity index (χ3v) is 4.40. The lowest BCUT2D eigenvalue weighted by molar-refractivity contribution is -0.122. The van der Waals surface area contributed by atoms with Gasteiger partial charge >= 0.3 is 6.09 Å². The minimum absolute atomic E-state index is 0.362. The highest BCUT2D eigenvalue weighted by Gasteiger charge is 2.18. The number of carbonyl (C=O) groups is 2. The number of anilines is 2. The standard InChI is InChI=1S/C18H18Cl2N2O4/c1-10-14(19)7-8-15(16(10)20)26-11(2)17(23)21-12-5-4-6-13(9-12)22-18(24)25-3/h4-9,11H,1-3H3,(H,21,23)(H,22,24). The Bertz CT molecular complexity index is 827. The van der Waals surface area contributed by atoms with Crippen LogP contribution in [0.5, 0.6) is 5.75 Å². The third kappa shape index (κ3) is 5.03. The monoisotopic (exact) mass is 396 g/mol. The largest absolute Gasteiger partial charge is 0.479 e. The summed E-state index contributed by atoms with van der Waals surface area (Å²) in [6, 6.07) is 9.91. The normalized spacial score (nSPS) is 11.4. The maximum absolute atomic E-state index is 12.4. The Morgan fingerprint density at radius 2 is 1.73 bits per heavy atom. The molecule has 138 valence electrons. The van der Waals surface area contributed by atoms with Gasteiger partial charge in [0.05, 0.1) is 12.1 Å². The average Bonchev–Trinajstić information content (AvgIpc) is 2.62. The van der Waals surface area contributed by atoms with Gasteiger partial charge in [-0.3, -0.25) is 10.1 Å². The molecule has 0 spiro atoms. The second-order valence-electron chi connectivity index (χ2n) is 5.43. The van der Waals surface area contributed by atoms with Gasteiger partial charge in [-0.1, -0.05) is 29.3 Å². The van der Waals surface area contributed by atoms with Crippen molar-refractivity contribution in [2.24, 2.45) is 0 Å². The molecule has 0 aliphatic rings. The molecule has 0 aliphatic carbocycles. The number of hydrogen-bond acceptors (Lipinski definition) is 4. The van der Waals surface area contributed by atoms with Crippen LogP contribution in [0.4, 0.5) is 16.2 Å². The van der Waals surface area contributed by atoms with E-state index in [1.807, 2.05) is 0 Å². The lowest BCUT2D eigenvalue weighted by Gasteiger charge is -2.17. The highest BCUT2D eigenvalue weighted by molar-refractivity contribution is 6.36. The molecule has 2 N–H and O–H groups in total. The minimum Gasteiger partial charge on any atom is -0.479 e. The predicted molar refractivity (Wildman–Crippen MR) is 102 cm³/mol. The number of nitrogens with one attached hydrogen (secondary N) is 2. The maximum atomic E-state index is 12.4. The molecule has 1 atom stereocenters. The van der Waals surface area contributed by atoms with Gasteiger partial charge < -0.3 is 14.8 Å². The number of methoxy groups -OCH3 is 1. The molecule has 0 saturated heterocycles. The van der Waals surface area contributed by atoms with Crippen LogP contribution in [0.2, 0.25) is 10.0 Å². The van der Waals surface area contributed by atoms with Crippen LogP contribution in [0.15, 0.2) is 36.4 Å². The summed E-state index contributed by atoms with van der Waals surface area (Å²) in [6.07, 6.45) is -1.40. The first-order valence-electron chi connectivity index (χ1n) is 7.69. The lowest BCUT2D eigenvalue weighted by Crippen LogP contribution is -2.30. The molecule has 0 saturated carbocycles. The molecule has 2 aromatic rings. The predicted octanol–water partition coefficient (Wildman–Crippen LogP) is 4.89. The molecule has 8 heteroatoms. The van der Waals surface area contributed by atoms with Crippen LogP contribution in [-0.2, 0) is 9.53 Å². The van der Waals surface area contributed by atoms with Crippen LogP contribution < -0.4 is 15.4 Å². The Labute approximate surface area is 161 Å². The zero-order chi connectivity index (χ0) is 19.3. The summed E-state index contributed by atoms with van der Waals surface area (Å²) < 4.78 is 10.2. The van der Waals surface area contributed by atoms with E-state index < -0.39 is 12.2 Å². The van der Waals surface area contributed by atoms with Gasteiger partial charge in [0.25, 0.3) is 5.91 Å². The van der Waals surface area contributed by atoms with Crippen LogP contribution in [0.25, 0.3) is 0 Å². The Hall–Kier alpha value is -2.44. The second-order valence-corrected chi connectivity index (χ2v) is 6.22. The molecule has 1 unspecified atom stereocenters. The highest BCUT2D eigenvalue weighted by atomic mass is 35.5. The number of hydrogen-bond donors (Lipinski definition) is 2. The van der Waals surface area contributed by atoms with E-state index in [2.05, 4.69) is 15.4 Å². The summed E-state index contributed by atoms with van der Waals surface area (Å²) in [5.74, 6) is 0.00112.